The molecule has 0 fully saturated rings. The quantitative estimate of drug-likeness (QED) is 0.675. The van der Waals surface area contributed by atoms with Crippen LogP contribution in [-0.4, -0.2) is 14.3 Å². The predicted octanol–water partition coefficient (Wildman–Crippen LogP) is 3.88. The van der Waals surface area contributed by atoms with Crippen LogP contribution in [0.25, 0.3) is 0 Å². The van der Waals surface area contributed by atoms with E-state index in [0.29, 0.717) is 17.0 Å². The van der Waals surface area contributed by atoms with E-state index in [1.165, 1.54) is 24.3 Å². The molecule has 0 saturated carbocycles. The molecule has 0 saturated heterocycles. The minimum atomic E-state index is -3.73. The van der Waals surface area contributed by atoms with E-state index in [2.05, 4.69) is 10.0 Å². The number of rotatable bonds is 6. The lowest BCUT2D eigenvalue weighted by molar-refractivity contribution is 0.0935. The van der Waals surface area contributed by atoms with Gasteiger partial charge in [-0.15, -0.1) is 0 Å². The molecule has 1 amide bonds. The van der Waals surface area contributed by atoms with E-state index in [1.807, 2.05) is 26.0 Å². The second-order valence-corrected chi connectivity index (χ2v) is 7.84. The third-order valence-corrected chi connectivity index (χ3v) is 5.52. The van der Waals surface area contributed by atoms with Crippen molar-refractivity contribution in [3.05, 3.63) is 83.8 Å². The SMILES string of the molecule is Cc1ccccc1NS(=O)(=O)c1ccc(C(=O)NC(C)c2ccco2)cc1. The van der Waals surface area contributed by atoms with E-state index >= 15 is 0 Å². The molecule has 0 aliphatic carbocycles. The van der Waals surface area contributed by atoms with Gasteiger partial charge in [-0.25, -0.2) is 8.42 Å². The molecular weight excluding hydrogens is 364 g/mol. The van der Waals surface area contributed by atoms with Crippen LogP contribution >= 0.6 is 0 Å². The second kappa shape index (κ2) is 7.67. The fourth-order valence-corrected chi connectivity index (χ4v) is 3.70. The molecule has 1 unspecified atom stereocenters. The molecule has 3 rings (SSSR count). The van der Waals surface area contributed by atoms with E-state index < -0.39 is 10.0 Å². The number of hydrogen-bond acceptors (Lipinski definition) is 4. The number of anilines is 1. The van der Waals surface area contributed by atoms with Crippen LogP contribution in [0.2, 0.25) is 0 Å². The molecule has 7 heteroatoms. The minimum absolute atomic E-state index is 0.0846. The number of carbonyl (C=O) groups is 1. The zero-order valence-electron chi connectivity index (χ0n) is 15.0. The first-order chi connectivity index (χ1) is 12.9. The van der Waals surface area contributed by atoms with Crippen molar-refractivity contribution in [2.24, 2.45) is 0 Å². The van der Waals surface area contributed by atoms with Crippen LogP contribution in [0.4, 0.5) is 5.69 Å². The summed E-state index contributed by atoms with van der Waals surface area (Å²) in [6.45, 7) is 3.63. The fraction of sp³-hybridized carbons (Fsp3) is 0.150. The van der Waals surface area contributed by atoms with Crippen LogP contribution in [0.3, 0.4) is 0 Å². The summed E-state index contributed by atoms with van der Waals surface area (Å²) in [7, 11) is -3.73. The van der Waals surface area contributed by atoms with E-state index in [4.69, 9.17) is 4.42 Å². The smallest absolute Gasteiger partial charge is 0.261 e. The average Bonchev–Trinajstić information content (AvgIpc) is 3.18. The molecule has 0 bridgehead atoms. The second-order valence-electron chi connectivity index (χ2n) is 6.16. The van der Waals surface area contributed by atoms with E-state index in [9.17, 15) is 13.2 Å². The van der Waals surface area contributed by atoms with Crippen LogP contribution in [-0.2, 0) is 10.0 Å². The Bertz CT molecular complexity index is 1030. The van der Waals surface area contributed by atoms with Crippen molar-refractivity contribution in [1.29, 1.82) is 0 Å². The maximum atomic E-state index is 12.5. The number of nitrogens with one attached hydrogen (secondary N) is 2. The molecule has 140 valence electrons. The van der Waals surface area contributed by atoms with Crippen molar-refractivity contribution in [2.75, 3.05) is 4.72 Å². The van der Waals surface area contributed by atoms with Crippen molar-refractivity contribution >= 4 is 21.6 Å². The molecule has 0 aliphatic rings. The van der Waals surface area contributed by atoms with Crippen molar-refractivity contribution in [3.8, 4) is 0 Å². The Morgan fingerprint density at radius 2 is 1.70 bits per heavy atom. The third kappa shape index (κ3) is 4.38. The third-order valence-electron chi connectivity index (χ3n) is 4.13. The van der Waals surface area contributed by atoms with Gasteiger partial charge in [-0.2, -0.15) is 0 Å². The molecule has 6 nitrogen and oxygen atoms in total. The number of benzene rings is 2. The Labute approximate surface area is 158 Å². The number of para-hydroxylation sites is 1. The number of aryl methyl sites for hydroxylation is 1. The van der Waals surface area contributed by atoms with E-state index in [1.54, 1.807) is 30.5 Å². The van der Waals surface area contributed by atoms with Crippen molar-refractivity contribution < 1.29 is 17.6 Å². The standard InChI is InChI=1S/C20H20N2O4S/c1-14-6-3-4-7-18(14)22-27(24,25)17-11-9-16(10-12-17)20(23)21-15(2)19-8-5-13-26-19/h3-13,15,22H,1-2H3,(H,21,23). The summed E-state index contributed by atoms with van der Waals surface area (Å²) in [5, 5.41) is 2.81. The lowest BCUT2D eigenvalue weighted by Crippen LogP contribution is -2.26. The van der Waals surface area contributed by atoms with E-state index in [-0.39, 0.29) is 16.8 Å². The number of furan rings is 1. The van der Waals surface area contributed by atoms with Gasteiger partial charge in [-0.3, -0.25) is 9.52 Å². The van der Waals surface area contributed by atoms with Crippen molar-refractivity contribution in [2.45, 2.75) is 24.8 Å². The van der Waals surface area contributed by atoms with Gasteiger partial charge in [0.25, 0.3) is 15.9 Å². The maximum Gasteiger partial charge on any atom is 0.261 e. The minimum Gasteiger partial charge on any atom is -0.467 e. The Morgan fingerprint density at radius 3 is 2.33 bits per heavy atom. The number of amides is 1. The number of sulfonamides is 1. The predicted molar refractivity (Wildman–Crippen MR) is 103 cm³/mol. The molecule has 2 N–H and O–H groups in total. The Kier molecular flexibility index (Phi) is 5.32. The monoisotopic (exact) mass is 384 g/mol. The van der Waals surface area contributed by atoms with Gasteiger partial charge in [0.05, 0.1) is 22.9 Å². The first-order valence-corrected chi connectivity index (χ1v) is 9.88. The number of hydrogen-bond donors (Lipinski definition) is 2. The Balaban J connectivity index is 1.72. The van der Waals surface area contributed by atoms with Gasteiger partial charge < -0.3 is 9.73 Å². The van der Waals surface area contributed by atoms with Gasteiger partial charge in [0.1, 0.15) is 5.76 Å². The Hall–Kier alpha value is -3.06. The van der Waals surface area contributed by atoms with Crippen LogP contribution in [0.1, 0.15) is 34.6 Å². The van der Waals surface area contributed by atoms with Crippen LogP contribution in [0.5, 0.6) is 0 Å². The maximum absolute atomic E-state index is 12.5. The molecule has 1 aromatic heterocycles. The highest BCUT2D eigenvalue weighted by molar-refractivity contribution is 7.92. The largest absolute Gasteiger partial charge is 0.467 e. The summed E-state index contributed by atoms with van der Waals surface area (Å²) < 4.78 is 32.9. The molecule has 2 aromatic carbocycles. The molecule has 27 heavy (non-hydrogen) atoms. The van der Waals surface area contributed by atoms with E-state index in [0.717, 1.165) is 5.56 Å². The lowest BCUT2D eigenvalue weighted by atomic mass is 10.2. The van der Waals surface area contributed by atoms with Crippen molar-refractivity contribution in [1.82, 2.24) is 5.32 Å². The molecule has 3 aromatic rings. The molecule has 1 heterocycles. The lowest BCUT2D eigenvalue weighted by Gasteiger charge is -2.13. The molecule has 0 aliphatic heterocycles. The van der Waals surface area contributed by atoms with Gasteiger partial charge in [0, 0.05) is 5.56 Å². The molecular formula is C20H20N2O4S. The van der Waals surface area contributed by atoms with Gasteiger partial charge >= 0.3 is 0 Å². The first-order valence-electron chi connectivity index (χ1n) is 8.39. The molecule has 0 spiro atoms. The molecule has 0 radical (unpaired) electrons. The number of carbonyl (C=O) groups excluding carboxylic acids is 1. The topological polar surface area (TPSA) is 88.4 Å². The van der Waals surface area contributed by atoms with Crippen LogP contribution in [0.15, 0.2) is 76.2 Å². The first kappa shape index (κ1) is 18.7. The highest BCUT2D eigenvalue weighted by atomic mass is 32.2. The fourth-order valence-electron chi connectivity index (χ4n) is 2.57. The van der Waals surface area contributed by atoms with Crippen LogP contribution in [0, 0.1) is 6.92 Å². The molecule has 1 atom stereocenters. The normalized spacial score (nSPS) is 12.4. The summed E-state index contributed by atoms with van der Waals surface area (Å²) in [5.74, 6) is 0.333. The summed E-state index contributed by atoms with van der Waals surface area (Å²) in [6.07, 6.45) is 1.54. The summed E-state index contributed by atoms with van der Waals surface area (Å²) in [6, 6.07) is 16.1. The average molecular weight is 384 g/mol. The highest BCUT2D eigenvalue weighted by Crippen LogP contribution is 2.20. The van der Waals surface area contributed by atoms with Crippen molar-refractivity contribution in [3.63, 3.8) is 0 Å². The van der Waals surface area contributed by atoms with Crippen LogP contribution < -0.4 is 10.0 Å². The summed E-state index contributed by atoms with van der Waals surface area (Å²) >= 11 is 0. The summed E-state index contributed by atoms with van der Waals surface area (Å²) in [4.78, 5) is 12.4. The van der Waals surface area contributed by atoms with Gasteiger partial charge in [-0.1, -0.05) is 18.2 Å². The van der Waals surface area contributed by atoms with Gasteiger partial charge in [-0.05, 0) is 61.9 Å². The van der Waals surface area contributed by atoms with Gasteiger partial charge in [0.15, 0.2) is 0 Å². The Morgan fingerprint density at radius 1 is 1.00 bits per heavy atom. The summed E-state index contributed by atoms with van der Waals surface area (Å²) in [5.41, 5.74) is 1.71. The highest BCUT2D eigenvalue weighted by Gasteiger charge is 2.17. The zero-order valence-corrected chi connectivity index (χ0v) is 15.8. The zero-order chi connectivity index (χ0) is 19.4. The van der Waals surface area contributed by atoms with Gasteiger partial charge in [0.2, 0.25) is 0 Å².